The minimum atomic E-state index is -4.11. The number of amides is 2. The number of anilines is 1. The Morgan fingerprint density at radius 2 is 1.53 bits per heavy atom. The van der Waals surface area contributed by atoms with Gasteiger partial charge in [-0.15, -0.1) is 0 Å². The minimum absolute atomic E-state index is 0.105. The molecular weight excluding hydrogens is 607 g/mol. The van der Waals surface area contributed by atoms with Gasteiger partial charge in [0.15, 0.2) is 0 Å². The fourth-order valence-corrected chi connectivity index (χ4v) is 6.15. The van der Waals surface area contributed by atoms with Crippen molar-refractivity contribution in [3.63, 3.8) is 0 Å². The van der Waals surface area contributed by atoms with Crippen LogP contribution in [0.5, 0.6) is 0 Å². The summed E-state index contributed by atoms with van der Waals surface area (Å²) in [6.07, 6.45) is 0.197. The molecule has 0 saturated carbocycles. The lowest BCUT2D eigenvalue weighted by molar-refractivity contribution is -0.140. The summed E-state index contributed by atoms with van der Waals surface area (Å²) in [7, 11) is -1.28. The minimum Gasteiger partial charge on any atom is -0.354 e. The summed E-state index contributed by atoms with van der Waals surface area (Å²) in [5, 5.41) is 3.63. The summed E-state index contributed by atoms with van der Waals surface area (Å²) in [5.41, 5.74) is 3.19. The van der Waals surface area contributed by atoms with Crippen LogP contribution in [-0.2, 0) is 32.8 Å². The Hall–Kier alpha value is -3.11. The number of halogens is 2. The first-order valence-electron chi connectivity index (χ1n) is 14.0. The highest BCUT2D eigenvalue weighted by Crippen LogP contribution is 2.29. The van der Waals surface area contributed by atoms with Crippen molar-refractivity contribution in [2.75, 3.05) is 31.5 Å². The van der Waals surface area contributed by atoms with E-state index >= 15 is 0 Å². The molecule has 0 radical (unpaired) electrons. The summed E-state index contributed by atoms with van der Waals surface area (Å²) in [6, 6.07) is 18.8. The van der Waals surface area contributed by atoms with Gasteiger partial charge in [0.25, 0.3) is 0 Å². The zero-order valence-corrected chi connectivity index (χ0v) is 27.8. The monoisotopic (exact) mass is 646 g/mol. The number of carbonyl (C=O) groups excluding carboxylic acids is 2. The Bertz CT molecular complexity index is 1510. The van der Waals surface area contributed by atoms with E-state index < -0.39 is 28.7 Å². The Labute approximate surface area is 265 Å². The standard InChI is InChI=1S/C32H40Cl2N4O4S/c1-22(2)19-35-32(40)30(18-25-11-8-7-9-12-25)37(20-26-27(33)13-10-14-28(26)34)31(39)21-38(43(41,42)36(5)6)29-17-23(3)15-16-24(29)4/h7-17,22,30H,18-21H2,1-6H3,(H,35,40). The van der Waals surface area contributed by atoms with Crippen molar-refractivity contribution >= 4 is 50.9 Å². The van der Waals surface area contributed by atoms with Crippen LogP contribution in [0.25, 0.3) is 0 Å². The number of nitrogens with zero attached hydrogens (tertiary/aromatic N) is 3. The van der Waals surface area contributed by atoms with Gasteiger partial charge < -0.3 is 10.2 Å². The average Bonchev–Trinajstić information content (AvgIpc) is 2.95. The van der Waals surface area contributed by atoms with Gasteiger partial charge in [0, 0.05) is 49.2 Å². The van der Waals surface area contributed by atoms with E-state index in [0.717, 1.165) is 19.7 Å². The first kappa shape index (κ1) is 34.4. The number of benzene rings is 3. The van der Waals surface area contributed by atoms with Crippen molar-refractivity contribution in [1.29, 1.82) is 0 Å². The SMILES string of the molecule is Cc1ccc(C)c(N(CC(=O)N(Cc2c(Cl)cccc2Cl)C(Cc2ccccc2)C(=O)NCC(C)C)S(=O)(=O)N(C)C)c1. The number of aryl methyl sites for hydroxylation is 2. The molecule has 232 valence electrons. The van der Waals surface area contributed by atoms with Crippen LogP contribution in [0.4, 0.5) is 5.69 Å². The fraction of sp³-hybridized carbons (Fsp3) is 0.375. The predicted octanol–water partition coefficient (Wildman–Crippen LogP) is 5.64. The molecule has 2 amide bonds. The van der Waals surface area contributed by atoms with Crippen LogP contribution in [0, 0.1) is 19.8 Å². The van der Waals surface area contributed by atoms with Crippen LogP contribution in [-0.4, -0.2) is 62.7 Å². The lowest BCUT2D eigenvalue weighted by Gasteiger charge is -2.35. The number of nitrogens with one attached hydrogen (secondary N) is 1. The fourth-order valence-electron chi connectivity index (χ4n) is 4.52. The second kappa shape index (κ2) is 15.1. The number of rotatable bonds is 13. The lowest BCUT2D eigenvalue weighted by atomic mass is 10.0. The quantitative estimate of drug-likeness (QED) is 0.260. The Morgan fingerprint density at radius 3 is 2.12 bits per heavy atom. The third-order valence-corrected chi connectivity index (χ3v) is 9.51. The maximum Gasteiger partial charge on any atom is 0.304 e. The van der Waals surface area contributed by atoms with E-state index in [2.05, 4.69) is 5.32 Å². The third kappa shape index (κ3) is 8.95. The van der Waals surface area contributed by atoms with Gasteiger partial charge in [-0.05, 0) is 54.7 Å². The molecule has 1 atom stereocenters. The molecule has 0 saturated heterocycles. The van der Waals surface area contributed by atoms with E-state index in [1.54, 1.807) is 31.2 Å². The second-order valence-electron chi connectivity index (χ2n) is 11.2. The van der Waals surface area contributed by atoms with Crippen molar-refractivity contribution in [3.8, 4) is 0 Å². The van der Waals surface area contributed by atoms with Crippen LogP contribution in [0.1, 0.15) is 36.1 Å². The zero-order chi connectivity index (χ0) is 31.9. The van der Waals surface area contributed by atoms with Crippen molar-refractivity contribution in [1.82, 2.24) is 14.5 Å². The molecule has 0 aliphatic rings. The topological polar surface area (TPSA) is 90.0 Å². The highest BCUT2D eigenvalue weighted by molar-refractivity contribution is 7.90. The maximum absolute atomic E-state index is 14.4. The molecule has 1 unspecified atom stereocenters. The molecule has 3 rings (SSSR count). The van der Waals surface area contributed by atoms with E-state index in [1.165, 1.54) is 19.0 Å². The molecule has 8 nitrogen and oxygen atoms in total. The Morgan fingerprint density at radius 1 is 0.907 bits per heavy atom. The van der Waals surface area contributed by atoms with Crippen molar-refractivity contribution < 1.29 is 18.0 Å². The van der Waals surface area contributed by atoms with Gasteiger partial charge in [-0.3, -0.25) is 9.59 Å². The highest BCUT2D eigenvalue weighted by Gasteiger charge is 2.35. The van der Waals surface area contributed by atoms with Gasteiger partial charge in [-0.2, -0.15) is 12.7 Å². The first-order valence-corrected chi connectivity index (χ1v) is 16.2. The average molecular weight is 648 g/mol. The molecule has 11 heteroatoms. The van der Waals surface area contributed by atoms with E-state index in [9.17, 15) is 18.0 Å². The molecule has 43 heavy (non-hydrogen) atoms. The largest absolute Gasteiger partial charge is 0.354 e. The summed E-state index contributed by atoms with van der Waals surface area (Å²) in [6.45, 7) is 7.35. The van der Waals surface area contributed by atoms with E-state index in [4.69, 9.17) is 23.2 Å². The number of hydrogen-bond acceptors (Lipinski definition) is 4. The van der Waals surface area contributed by atoms with Gasteiger partial charge >= 0.3 is 10.2 Å². The molecular formula is C32H40Cl2N4O4S. The molecule has 3 aromatic carbocycles. The maximum atomic E-state index is 14.4. The Balaban J connectivity index is 2.17. The van der Waals surface area contributed by atoms with E-state index in [-0.39, 0.29) is 24.8 Å². The van der Waals surface area contributed by atoms with E-state index in [1.807, 2.05) is 63.2 Å². The molecule has 0 aliphatic carbocycles. The second-order valence-corrected chi connectivity index (χ2v) is 14.0. The summed E-state index contributed by atoms with van der Waals surface area (Å²) in [5.74, 6) is -0.765. The van der Waals surface area contributed by atoms with Crippen molar-refractivity contribution in [2.45, 2.75) is 46.7 Å². The molecule has 0 aromatic heterocycles. The van der Waals surface area contributed by atoms with Crippen LogP contribution >= 0.6 is 23.2 Å². The van der Waals surface area contributed by atoms with Crippen LogP contribution < -0.4 is 9.62 Å². The molecule has 0 spiro atoms. The lowest BCUT2D eigenvalue weighted by Crippen LogP contribution is -2.54. The van der Waals surface area contributed by atoms with Gasteiger partial charge in [-0.25, -0.2) is 4.31 Å². The van der Waals surface area contributed by atoms with Crippen LogP contribution in [0.2, 0.25) is 10.0 Å². The predicted molar refractivity (Wildman–Crippen MR) is 175 cm³/mol. The van der Waals surface area contributed by atoms with E-state index in [0.29, 0.717) is 33.4 Å². The van der Waals surface area contributed by atoms with Gasteiger partial charge in [-0.1, -0.05) is 85.6 Å². The molecule has 1 N–H and O–H groups in total. The smallest absolute Gasteiger partial charge is 0.304 e. The summed E-state index contributed by atoms with van der Waals surface area (Å²) >= 11 is 13.1. The van der Waals surface area contributed by atoms with Gasteiger partial charge in [0.05, 0.1) is 5.69 Å². The van der Waals surface area contributed by atoms with Crippen molar-refractivity contribution in [3.05, 3.63) is 99.0 Å². The van der Waals surface area contributed by atoms with Crippen LogP contribution in [0.3, 0.4) is 0 Å². The van der Waals surface area contributed by atoms with Gasteiger partial charge in [0.2, 0.25) is 11.8 Å². The van der Waals surface area contributed by atoms with Crippen molar-refractivity contribution in [2.24, 2.45) is 5.92 Å². The molecule has 0 heterocycles. The van der Waals surface area contributed by atoms with Crippen LogP contribution in [0.15, 0.2) is 66.7 Å². The summed E-state index contributed by atoms with van der Waals surface area (Å²) < 4.78 is 29.5. The molecule has 0 fully saturated rings. The third-order valence-electron chi connectivity index (χ3n) is 7.00. The Kier molecular flexibility index (Phi) is 12.0. The highest BCUT2D eigenvalue weighted by atomic mass is 35.5. The normalized spacial score (nSPS) is 12.3. The van der Waals surface area contributed by atoms with Gasteiger partial charge in [0.1, 0.15) is 12.6 Å². The zero-order valence-electron chi connectivity index (χ0n) is 25.5. The number of carbonyl (C=O) groups is 2. The summed E-state index contributed by atoms with van der Waals surface area (Å²) in [4.78, 5) is 29.6. The number of hydrogen-bond donors (Lipinski definition) is 1. The molecule has 0 aliphatic heterocycles. The molecule has 3 aromatic rings. The first-order chi connectivity index (χ1) is 20.2. The molecule has 0 bridgehead atoms.